The summed E-state index contributed by atoms with van der Waals surface area (Å²) in [6.45, 7) is 1.03. The molecule has 3 aromatic rings. The first-order valence-corrected chi connectivity index (χ1v) is 7.94. The van der Waals surface area contributed by atoms with Crippen LogP contribution in [0.5, 0.6) is 5.75 Å². The molecule has 0 amide bonds. The summed E-state index contributed by atoms with van der Waals surface area (Å²) in [5.41, 5.74) is 2.77. The number of rotatable bonds is 4. The van der Waals surface area contributed by atoms with Crippen molar-refractivity contribution in [3.63, 3.8) is 0 Å². The third-order valence-electron chi connectivity index (χ3n) is 4.31. The summed E-state index contributed by atoms with van der Waals surface area (Å²) in [6.07, 6.45) is 3.43. The molecule has 122 valence electrons. The Bertz CT molecular complexity index is 875. The maximum Gasteiger partial charge on any atom is 0.201 e. The summed E-state index contributed by atoms with van der Waals surface area (Å²) < 4.78 is 36.2. The van der Waals surface area contributed by atoms with Gasteiger partial charge in [-0.05, 0) is 30.5 Å². The molecular weight excluding hydrogens is 310 g/mol. The van der Waals surface area contributed by atoms with Crippen molar-refractivity contribution in [2.75, 3.05) is 0 Å². The maximum absolute atomic E-state index is 14.5. The van der Waals surface area contributed by atoms with Crippen molar-refractivity contribution in [3.8, 4) is 16.9 Å². The minimum atomic E-state index is -0.957. The molecule has 4 rings (SSSR count). The molecule has 0 fully saturated rings. The standard InChI is InChI=1S/C19H16F2N2O/c20-18-14(15-11-22-23-10-4-7-16(15)23)8-9-17(19(18)21)24-12-13-5-2-1-3-6-13/h1-3,5-6,8-9,11H,4,7,10,12H2. The highest BCUT2D eigenvalue weighted by molar-refractivity contribution is 5.67. The molecule has 2 aromatic carbocycles. The van der Waals surface area contributed by atoms with Crippen LogP contribution in [0.1, 0.15) is 17.7 Å². The molecule has 3 nitrogen and oxygen atoms in total. The zero-order chi connectivity index (χ0) is 16.5. The lowest BCUT2D eigenvalue weighted by atomic mass is 10.0. The summed E-state index contributed by atoms with van der Waals surface area (Å²) in [4.78, 5) is 0. The number of nitrogens with zero attached hydrogens (tertiary/aromatic N) is 2. The van der Waals surface area contributed by atoms with Gasteiger partial charge in [-0.2, -0.15) is 9.49 Å². The first-order valence-electron chi connectivity index (χ1n) is 7.94. The molecule has 24 heavy (non-hydrogen) atoms. The predicted molar refractivity (Wildman–Crippen MR) is 86.7 cm³/mol. The smallest absolute Gasteiger partial charge is 0.201 e. The van der Waals surface area contributed by atoms with E-state index >= 15 is 0 Å². The molecule has 0 aliphatic carbocycles. The van der Waals surface area contributed by atoms with E-state index in [-0.39, 0.29) is 17.9 Å². The van der Waals surface area contributed by atoms with Gasteiger partial charge in [0.15, 0.2) is 11.6 Å². The van der Waals surface area contributed by atoms with Crippen molar-refractivity contribution < 1.29 is 13.5 Å². The number of fused-ring (bicyclic) bond motifs is 1. The van der Waals surface area contributed by atoms with E-state index < -0.39 is 11.6 Å². The van der Waals surface area contributed by atoms with E-state index in [4.69, 9.17) is 4.74 Å². The monoisotopic (exact) mass is 326 g/mol. The van der Waals surface area contributed by atoms with Crippen LogP contribution in [0.3, 0.4) is 0 Å². The van der Waals surface area contributed by atoms with Gasteiger partial charge in [-0.25, -0.2) is 4.39 Å². The van der Waals surface area contributed by atoms with Gasteiger partial charge in [0.25, 0.3) is 0 Å². The van der Waals surface area contributed by atoms with Crippen LogP contribution in [0, 0.1) is 11.6 Å². The average Bonchev–Trinajstić information content (AvgIpc) is 3.21. The fourth-order valence-electron chi connectivity index (χ4n) is 3.07. The van der Waals surface area contributed by atoms with Gasteiger partial charge in [0.2, 0.25) is 5.82 Å². The number of ether oxygens (including phenoxy) is 1. The van der Waals surface area contributed by atoms with Crippen molar-refractivity contribution in [1.29, 1.82) is 0 Å². The van der Waals surface area contributed by atoms with Crippen molar-refractivity contribution >= 4 is 0 Å². The van der Waals surface area contributed by atoms with Crippen LogP contribution in [0.4, 0.5) is 8.78 Å². The molecule has 2 heterocycles. The third-order valence-corrected chi connectivity index (χ3v) is 4.31. The highest BCUT2D eigenvalue weighted by Gasteiger charge is 2.22. The maximum atomic E-state index is 14.5. The number of aryl methyl sites for hydroxylation is 1. The van der Waals surface area contributed by atoms with E-state index in [1.54, 1.807) is 12.3 Å². The second-order valence-electron chi connectivity index (χ2n) is 5.85. The molecule has 1 aromatic heterocycles. The van der Waals surface area contributed by atoms with E-state index in [0.717, 1.165) is 30.6 Å². The molecule has 0 unspecified atom stereocenters. The summed E-state index contributed by atoms with van der Waals surface area (Å²) in [5, 5.41) is 4.24. The Morgan fingerprint density at radius 3 is 2.67 bits per heavy atom. The second-order valence-corrected chi connectivity index (χ2v) is 5.85. The Morgan fingerprint density at radius 2 is 1.83 bits per heavy atom. The van der Waals surface area contributed by atoms with E-state index in [0.29, 0.717) is 5.56 Å². The van der Waals surface area contributed by atoms with Gasteiger partial charge < -0.3 is 4.74 Å². The quantitative estimate of drug-likeness (QED) is 0.712. The predicted octanol–water partition coefficient (Wildman–Crippen LogP) is 4.35. The second kappa shape index (κ2) is 6.07. The zero-order valence-electron chi connectivity index (χ0n) is 13.0. The van der Waals surface area contributed by atoms with E-state index in [9.17, 15) is 8.78 Å². The van der Waals surface area contributed by atoms with Gasteiger partial charge in [-0.1, -0.05) is 30.3 Å². The van der Waals surface area contributed by atoms with Gasteiger partial charge in [-0.15, -0.1) is 0 Å². The normalized spacial score (nSPS) is 13.1. The summed E-state index contributed by atoms with van der Waals surface area (Å²) in [7, 11) is 0. The summed E-state index contributed by atoms with van der Waals surface area (Å²) in [5.74, 6) is -1.92. The van der Waals surface area contributed by atoms with Crippen molar-refractivity contribution in [2.45, 2.75) is 26.0 Å². The Kier molecular flexibility index (Phi) is 3.76. The van der Waals surface area contributed by atoms with E-state index in [1.807, 2.05) is 35.0 Å². The molecule has 1 aliphatic heterocycles. The molecule has 1 aliphatic rings. The third kappa shape index (κ3) is 2.56. The molecule has 5 heteroatoms. The lowest BCUT2D eigenvalue weighted by molar-refractivity contribution is 0.285. The van der Waals surface area contributed by atoms with Crippen molar-refractivity contribution in [2.24, 2.45) is 0 Å². The molecule has 0 radical (unpaired) electrons. The van der Waals surface area contributed by atoms with Crippen LogP contribution in [-0.4, -0.2) is 9.78 Å². The van der Waals surface area contributed by atoms with Crippen LogP contribution in [0.25, 0.3) is 11.1 Å². The molecule has 0 saturated heterocycles. The first-order chi connectivity index (χ1) is 11.7. The lowest BCUT2D eigenvalue weighted by Crippen LogP contribution is -2.00. The minimum absolute atomic E-state index is 0.0797. The van der Waals surface area contributed by atoms with Gasteiger partial charge >= 0.3 is 0 Å². The fourth-order valence-corrected chi connectivity index (χ4v) is 3.07. The molecule has 0 spiro atoms. The number of hydrogen-bond acceptors (Lipinski definition) is 2. The number of halogens is 2. The van der Waals surface area contributed by atoms with Gasteiger partial charge in [-0.3, -0.25) is 4.68 Å². The van der Waals surface area contributed by atoms with E-state index in [2.05, 4.69) is 5.10 Å². The zero-order valence-corrected chi connectivity index (χ0v) is 13.0. The van der Waals surface area contributed by atoms with Crippen LogP contribution in [0.2, 0.25) is 0 Å². The lowest BCUT2D eigenvalue weighted by Gasteiger charge is -2.10. The Labute approximate surface area is 138 Å². The van der Waals surface area contributed by atoms with E-state index in [1.165, 1.54) is 6.07 Å². The van der Waals surface area contributed by atoms with Gasteiger partial charge in [0, 0.05) is 23.4 Å². The molecule has 0 atom stereocenters. The molecule has 0 saturated carbocycles. The SMILES string of the molecule is Fc1c(OCc2ccccc2)ccc(-c2cnn3c2CCC3)c1F. The van der Waals surface area contributed by atoms with Gasteiger partial charge in [0.05, 0.1) is 6.20 Å². The topological polar surface area (TPSA) is 27.1 Å². The first kappa shape index (κ1) is 14.9. The van der Waals surface area contributed by atoms with Crippen LogP contribution in [0.15, 0.2) is 48.7 Å². The Hall–Kier alpha value is -2.69. The number of benzene rings is 2. The Morgan fingerprint density at radius 1 is 1.00 bits per heavy atom. The Balaban J connectivity index is 1.61. The fraction of sp³-hybridized carbons (Fsp3) is 0.211. The summed E-state index contributed by atoms with van der Waals surface area (Å²) >= 11 is 0. The number of hydrogen-bond donors (Lipinski definition) is 0. The largest absolute Gasteiger partial charge is 0.486 e. The highest BCUT2D eigenvalue weighted by atomic mass is 19.2. The van der Waals surface area contributed by atoms with Crippen LogP contribution < -0.4 is 4.74 Å². The molecular formula is C19H16F2N2O. The van der Waals surface area contributed by atoms with Crippen LogP contribution in [-0.2, 0) is 19.6 Å². The molecule has 0 N–H and O–H groups in total. The summed E-state index contributed by atoms with van der Waals surface area (Å²) in [6, 6.07) is 12.4. The van der Waals surface area contributed by atoms with Crippen molar-refractivity contribution in [3.05, 3.63) is 71.6 Å². The van der Waals surface area contributed by atoms with Crippen molar-refractivity contribution in [1.82, 2.24) is 9.78 Å². The number of aromatic nitrogens is 2. The highest BCUT2D eigenvalue weighted by Crippen LogP contribution is 2.34. The van der Waals surface area contributed by atoms with Gasteiger partial charge in [0.1, 0.15) is 6.61 Å². The average molecular weight is 326 g/mol. The minimum Gasteiger partial charge on any atom is -0.486 e. The molecule has 0 bridgehead atoms. The van der Waals surface area contributed by atoms with Crippen LogP contribution >= 0.6 is 0 Å².